The predicted octanol–water partition coefficient (Wildman–Crippen LogP) is 2.65. The average Bonchev–Trinajstić information content (AvgIpc) is 1.62. The van der Waals surface area contributed by atoms with Crippen molar-refractivity contribution in [3.63, 3.8) is 0 Å². The van der Waals surface area contributed by atoms with Gasteiger partial charge in [-0.2, -0.15) is 0 Å². The highest BCUT2D eigenvalue weighted by Gasteiger charge is 2.27. The second-order valence-electron chi connectivity index (χ2n) is 2.86. The molecule has 9 heavy (non-hydrogen) atoms. The third-order valence-corrected chi connectivity index (χ3v) is 2.75. The lowest BCUT2D eigenvalue weighted by Gasteiger charge is -2.25. The Labute approximate surface area is 61.4 Å². The van der Waals surface area contributed by atoms with Crippen LogP contribution in [0.4, 0.5) is 4.39 Å². The smallest absolute Gasteiger partial charge is 0.138 e. The van der Waals surface area contributed by atoms with E-state index >= 15 is 0 Å². The van der Waals surface area contributed by atoms with Crippen LogP contribution in [0.1, 0.15) is 20.8 Å². The number of rotatable bonds is 2. The highest BCUT2D eigenvalue weighted by molar-refractivity contribution is 7.39. The zero-order chi connectivity index (χ0) is 7.65. The van der Waals surface area contributed by atoms with Crippen LogP contribution >= 0.6 is 18.5 Å². The van der Waals surface area contributed by atoms with Crippen LogP contribution in [0.3, 0.4) is 0 Å². The summed E-state index contributed by atoms with van der Waals surface area (Å²) in [5.41, 5.74) is 0. The third kappa shape index (κ3) is 3.48. The van der Waals surface area contributed by atoms with Gasteiger partial charge in [0.15, 0.2) is 0 Å². The predicted molar refractivity (Wildman–Crippen MR) is 47.3 cm³/mol. The first kappa shape index (κ1) is 9.79. The molecule has 56 valence electrons. The van der Waals surface area contributed by atoms with Gasteiger partial charge in [0, 0.05) is 0 Å². The summed E-state index contributed by atoms with van der Waals surface area (Å²) in [5.74, 6) is 0.470. The number of hydrogen-bond donors (Lipinski definition) is 0. The van der Waals surface area contributed by atoms with Gasteiger partial charge in [-0.1, -0.05) is 39.3 Å². The Morgan fingerprint density at radius 1 is 1.22 bits per heavy atom. The van der Waals surface area contributed by atoms with Crippen molar-refractivity contribution in [1.29, 1.82) is 0 Å². The largest absolute Gasteiger partial charge is 0.235 e. The molecule has 3 unspecified atom stereocenters. The van der Waals surface area contributed by atoms with Crippen LogP contribution in [0.5, 0.6) is 0 Å². The molecule has 0 aromatic rings. The molecule has 0 aliphatic rings. The molecule has 0 nitrogen and oxygen atoms in total. The van der Waals surface area contributed by atoms with Crippen molar-refractivity contribution < 1.29 is 4.39 Å². The first-order valence-electron chi connectivity index (χ1n) is 3.12. The van der Waals surface area contributed by atoms with Crippen molar-refractivity contribution in [2.75, 3.05) is 0 Å². The van der Waals surface area contributed by atoms with Crippen molar-refractivity contribution >= 4 is 18.5 Å². The van der Waals surface area contributed by atoms with Gasteiger partial charge in [-0.05, 0) is 11.8 Å². The molecule has 0 amide bonds. The fourth-order valence-corrected chi connectivity index (χ4v) is 1.28. The molecule has 0 aromatic carbocycles. The quantitative estimate of drug-likeness (QED) is 0.556. The van der Waals surface area contributed by atoms with Crippen LogP contribution in [-0.4, -0.2) is 5.15 Å². The van der Waals surface area contributed by atoms with Crippen molar-refractivity contribution in [1.82, 2.24) is 0 Å². The molecule has 0 aliphatic heterocycles. The normalized spacial score (nSPS) is 16.3. The number of halogens is 1. The summed E-state index contributed by atoms with van der Waals surface area (Å²) in [5, 5.41) is -1.19. The minimum Gasteiger partial charge on any atom is -0.235 e. The Balaban J connectivity index is 3.88. The summed E-state index contributed by atoms with van der Waals surface area (Å²) in [6.45, 7) is 5.95. The molecule has 0 rings (SSSR count). The average molecular weight is 168 g/mol. The van der Waals surface area contributed by atoms with Gasteiger partial charge < -0.3 is 0 Å². The molecule has 0 N–H and O–H groups in total. The van der Waals surface area contributed by atoms with E-state index in [1.165, 1.54) is 0 Å². The maximum atomic E-state index is 13.0. The number of hydrogen-bond acceptors (Lipinski definition) is 0. The Morgan fingerprint density at radius 2 is 1.56 bits per heavy atom. The van der Waals surface area contributed by atoms with Crippen LogP contribution in [-0.2, 0) is 0 Å². The molecule has 0 saturated heterocycles. The van der Waals surface area contributed by atoms with Crippen LogP contribution in [0.15, 0.2) is 0 Å². The highest BCUT2D eigenvalue weighted by atomic mass is 31.1. The zero-order valence-electron chi connectivity index (χ0n) is 6.19. The van der Waals surface area contributed by atoms with Crippen molar-refractivity contribution in [3.05, 3.63) is 0 Å². The van der Waals surface area contributed by atoms with Gasteiger partial charge in [0.2, 0.25) is 0 Å². The fourth-order valence-electron chi connectivity index (χ4n) is 0.511. The standard InChI is InChI=1S/C6H15FP2/c1-4(2)5(3)6(7,8)9/h4-5H,8-9H2,1-3H3. The molecule has 0 bridgehead atoms. The zero-order valence-corrected chi connectivity index (χ0v) is 8.50. The van der Waals surface area contributed by atoms with Gasteiger partial charge in [0.1, 0.15) is 5.15 Å². The Kier molecular flexibility index (Phi) is 3.55. The van der Waals surface area contributed by atoms with Gasteiger partial charge in [0.25, 0.3) is 0 Å². The van der Waals surface area contributed by atoms with Crippen molar-refractivity contribution in [2.45, 2.75) is 25.9 Å². The molecule has 0 saturated carbocycles. The second-order valence-corrected chi connectivity index (χ2v) is 5.30. The lowest BCUT2D eigenvalue weighted by Crippen LogP contribution is -2.20. The van der Waals surface area contributed by atoms with Crippen LogP contribution < -0.4 is 0 Å². The molecule has 0 aromatic heterocycles. The van der Waals surface area contributed by atoms with Crippen LogP contribution in [0.25, 0.3) is 0 Å². The maximum Gasteiger partial charge on any atom is 0.138 e. The van der Waals surface area contributed by atoms with E-state index in [0.29, 0.717) is 5.92 Å². The summed E-state index contributed by atoms with van der Waals surface area (Å²) < 4.78 is 13.0. The Bertz CT molecular complexity index is 85.5. The highest BCUT2D eigenvalue weighted by Crippen LogP contribution is 2.40. The fraction of sp³-hybridized carbons (Fsp3) is 1.00. The van der Waals surface area contributed by atoms with Crippen molar-refractivity contribution in [3.8, 4) is 0 Å². The van der Waals surface area contributed by atoms with Crippen molar-refractivity contribution in [2.24, 2.45) is 11.8 Å². The van der Waals surface area contributed by atoms with E-state index in [1.54, 1.807) is 0 Å². The SMILES string of the molecule is CC(C)C(C)C(F)(P)P. The first-order valence-corrected chi connectivity index (χ1v) is 4.28. The van der Waals surface area contributed by atoms with E-state index in [0.717, 1.165) is 0 Å². The van der Waals surface area contributed by atoms with Gasteiger partial charge in [-0.25, -0.2) is 4.39 Å². The minimum absolute atomic E-state index is 0.0764. The molecular formula is C6H15FP2. The molecule has 0 radical (unpaired) electrons. The molecular weight excluding hydrogens is 153 g/mol. The summed E-state index contributed by atoms with van der Waals surface area (Å²) in [6, 6.07) is 0. The number of alkyl halides is 1. The summed E-state index contributed by atoms with van der Waals surface area (Å²) in [7, 11) is 4.39. The van der Waals surface area contributed by atoms with E-state index in [1.807, 2.05) is 20.8 Å². The summed E-state index contributed by atoms with van der Waals surface area (Å²) in [6.07, 6.45) is 0. The van der Waals surface area contributed by atoms with E-state index < -0.39 is 5.15 Å². The van der Waals surface area contributed by atoms with Gasteiger partial charge >= 0.3 is 0 Å². The van der Waals surface area contributed by atoms with E-state index in [9.17, 15) is 4.39 Å². The molecule has 0 heterocycles. The molecule has 0 fully saturated rings. The Morgan fingerprint density at radius 3 is 1.56 bits per heavy atom. The van der Waals surface area contributed by atoms with Gasteiger partial charge in [-0.3, -0.25) is 0 Å². The van der Waals surface area contributed by atoms with Crippen LogP contribution in [0.2, 0.25) is 0 Å². The Hall–Kier alpha value is 0.790. The van der Waals surface area contributed by atoms with E-state index in [4.69, 9.17) is 0 Å². The lowest BCUT2D eigenvalue weighted by atomic mass is 9.99. The first-order chi connectivity index (χ1) is 3.85. The monoisotopic (exact) mass is 168 g/mol. The third-order valence-electron chi connectivity index (χ3n) is 1.70. The second kappa shape index (κ2) is 3.26. The molecule has 3 heteroatoms. The summed E-state index contributed by atoms with van der Waals surface area (Å²) in [4.78, 5) is 0. The minimum atomic E-state index is -1.19. The lowest BCUT2D eigenvalue weighted by molar-refractivity contribution is 0.247. The van der Waals surface area contributed by atoms with Gasteiger partial charge in [0.05, 0.1) is 0 Å². The molecule has 0 spiro atoms. The maximum absolute atomic E-state index is 13.0. The molecule has 0 aliphatic carbocycles. The topological polar surface area (TPSA) is 0 Å². The van der Waals surface area contributed by atoms with Gasteiger partial charge in [-0.15, -0.1) is 0 Å². The summed E-state index contributed by atoms with van der Waals surface area (Å²) >= 11 is 0. The van der Waals surface area contributed by atoms with E-state index in [2.05, 4.69) is 18.5 Å². The van der Waals surface area contributed by atoms with E-state index in [-0.39, 0.29) is 5.92 Å². The van der Waals surface area contributed by atoms with Crippen LogP contribution in [0, 0.1) is 11.8 Å². The molecule has 3 atom stereocenters.